The molecule has 1 aliphatic rings. The predicted octanol–water partition coefficient (Wildman–Crippen LogP) is 2.82. The van der Waals surface area contributed by atoms with Crippen LogP contribution in [0.3, 0.4) is 0 Å². The number of hydrogen-bond donors (Lipinski definition) is 0. The maximum atomic E-state index is 11.3. The lowest BCUT2D eigenvalue weighted by atomic mass is 9.88. The van der Waals surface area contributed by atoms with Crippen molar-refractivity contribution in [1.29, 1.82) is 0 Å². The summed E-state index contributed by atoms with van der Waals surface area (Å²) < 4.78 is 1.08. The number of Topliss-reactive ketones (excluding diaryl/α,β-unsaturated/α-hetero) is 1. The zero-order valence-electron chi connectivity index (χ0n) is 7.56. The summed E-state index contributed by atoms with van der Waals surface area (Å²) in [7, 11) is 0. The predicted molar refractivity (Wildman–Crippen MR) is 55.9 cm³/mol. The smallest absolute Gasteiger partial charge is 0.137 e. The summed E-state index contributed by atoms with van der Waals surface area (Å²) in [5.74, 6) is 0.360. The number of rotatable bonds is 0. The summed E-state index contributed by atoms with van der Waals surface area (Å²) >= 11 is 3.49. The fraction of sp³-hybridized carbons (Fsp3) is 0.364. The molecule has 0 atom stereocenters. The number of fused-ring (bicyclic) bond motifs is 1. The van der Waals surface area contributed by atoms with Crippen LogP contribution in [-0.4, -0.2) is 5.78 Å². The second kappa shape index (κ2) is 3.26. The zero-order valence-corrected chi connectivity index (χ0v) is 9.15. The highest BCUT2D eigenvalue weighted by molar-refractivity contribution is 9.10. The maximum Gasteiger partial charge on any atom is 0.137 e. The number of hydrogen-bond acceptors (Lipinski definition) is 1. The van der Waals surface area contributed by atoms with Gasteiger partial charge < -0.3 is 0 Å². The van der Waals surface area contributed by atoms with E-state index in [1.165, 1.54) is 16.7 Å². The fourth-order valence-electron chi connectivity index (χ4n) is 1.87. The van der Waals surface area contributed by atoms with Gasteiger partial charge in [0.2, 0.25) is 0 Å². The van der Waals surface area contributed by atoms with Crippen molar-refractivity contribution >= 4 is 21.7 Å². The van der Waals surface area contributed by atoms with Crippen LogP contribution in [0.4, 0.5) is 0 Å². The number of ketones is 1. The molecule has 0 saturated heterocycles. The third-order valence-electron chi connectivity index (χ3n) is 2.64. The van der Waals surface area contributed by atoms with E-state index in [0.717, 1.165) is 10.9 Å². The molecule has 0 spiro atoms. The summed E-state index contributed by atoms with van der Waals surface area (Å²) in [6.07, 6.45) is 2.24. The summed E-state index contributed by atoms with van der Waals surface area (Å²) in [5.41, 5.74) is 3.89. The second-order valence-corrected chi connectivity index (χ2v) is 4.39. The standard InChI is InChI=1S/C11H11BrO/c1-7-2-5-11(12)10-6-8(13)3-4-9(7)10/h2,5H,3-4,6H2,1H3. The molecule has 1 aromatic carbocycles. The molecule has 1 aliphatic carbocycles. The first-order valence-corrected chi connectivity index (χ1v) is 5.26. The Morgan fingerprint density at radius 2 is 2.00 bits per heavy atom. The van der Waals surface area contributed by atoms with Gasteiger partial charge in [-0.1, -0.05) is 22.0 Å². The number of benzene rings is 1. The first kappa shape index (κ1) is 8.95. The van der Waals surface area contributed by atoms with E-state index < -0.39 is 0 Å². The molecule has 13 heavy (non-hydrogen) atoms. The molecule has 0 amide bonds. The molecule has 1 aromatic rings. The van der Waals surface area contributed by atoms with Gasteiger partial charge in [-0.05, 0) is 36.1 Å². The third-order valence-corrected chi connectivity index (χ3v) is 3.38. The molecule has 68 valence electrons. The van der Waals surface area contributed by atoms with Crippen molar-refractivity contribution in [3.63, 3.8) is 0 Å². The van der Waals surface area contributed by atoms with Crippen LogP contribution in [0.1, 0.15) is 23.1 Å². The van der Waals surface area contributed by atoms with E-state index in [1.54, 1.807) is 0 Å². The molecule has 0 aliphatic heterocycles. The molecule has 0 N–H and O–H groups in total. The average molecular weight is 239 g/mol. The Morgan fingerprint density at radius 3 is 2.77 bits per heavy atom. The van der Waals surface area contributed by atoms with Gasteiger partial charge in [0.25, 0.3) is 0 Å². The van der Waals surface area contributed by atoms with E-state index in [0.29, 0.717) is 18.6 Å². The summed E-state index contributed by atoms with van der Waals surface area (Å²) in [4.78, 5) is 11.3. The van der Waals surface area contributed by atoms with Crippen molar-refractivity contribution in [2.24, 2.45) is 0 Å². The number of halogens is 1. The minimum Gasteiger partial charge on any atom is -0.299 e. The summed E-state index contributed by atoms with van der Waals surface area (Å²) in [5, 5.41) is 0. The van der Waals surface area contributed by atoms with E-state index in [1.807, 2.05) is 6.07 Å². The van der Waals surface area contributed by atoms with Crippen LogP contribution < -0.4 is 0 Å². The number of carbonyl (C=O) groups is 1. The fourth-order valence-corrected chi connectivity index (χ4v) is 2.38. The molecule has 0 saturated carbocycles. The quantitative estimate of drug-likeness (QED) is 0.680. The molecule has 2 heteroatoms. The largest absolute Gasteiger partial charge is 0.299 e. The Kier molecular flexibility index (Phi) is 2.24. The van der Waals surface area contributed by atoms with Crippen molar-refractivity contribution in [3.8, 4) is 0 Å². The second-order valence-electron chi connectivity index (χ2n) is 3.54. The van der Waals surface area contributed by atoms with Crippen LogP contribution in [0, 0.1) is 6.92 Å². The van der Waals surface area contributed by atoms with E-state index >= 15 is 0 Å². The van der Waals surface area contributed by atoms with E-state index in [-0.39, 0.29) is 0 Å². The van der Waals surface area contributed by atoms with Gasteiger partial charge in [-0.15, -0.1) is 0 Å². The Morgan fingerprint density at radius 1 is 1.23 bits per heavy atom. The van der Waals surface area contributed by atoms with Gasteiger partial charge in [-0.2, -0.15) is 0 Å². The normalized spacial score (nSPS) is 15.7. The minimum absolute atomic E-state index is 0.360. The van der Waals surface area contributed by atoms with Gasteiger partial charge in [0.05, 0.1) is 0 Å². The van der Waals surface area contributed by atoms with Crippen LogP contribution >= 0.6 is 15.9 Å². The van der Waals surface area contributed by atoms with Crippen LogP contribution in [-0.2, 0) is 17.6 Å². The SMILES string of the molecule is Cc1ccc(Br)c2c1CCC(=O)C2. The maximum absolute atomic E-state index is 11.3. The molecular weight excluding hydrogens is 228 g/mol. The molecule has 0 aromatic heterocycles. The van der Waals surface area contributed by atoms with Crippen molar-refractivity contribution in [2.45, 2.75) is 26.2 Å². The Bertz CT molecular complexity index is 369. The van der Waals surface area contributed by atoms with Gasteiger partial charge in [-0.3, -0.25) is 4.79 Å². The lowest BCUT2D eigenvalue weighted by Crippen LogP contribution is -2.14. The molecular formula is C11H11BrO. The molecule has 0 bridgehead atoms. The van der Waals surface area contributed by atoms with Gasteiger partial charge >= 0.3 is 0 Å². The lowest BCUT2D eigenvalue weighted by Gasteiger charge is -2.18. The number of carbonyl (C=O) groups excluding carboxylic acids is 1. The molecule has 1 nitrogen and oxygen atoms in total. The van der Waals surface area contributed by atoms with Crippen LogP contribution in [0.25, 0.3) is 0 Å². The van der Waals surface area contributed by atoms with Crippen molar-refractivity contribution in [2.75, 3.05) is 0 Å². The average Bonchev–Trinajstić information content (AvgIpc) is 2.12. The highest BCUT2D eigenvalue weighted by Crippen LogP contribution is 2.29. The van der Waals surface area contributed by atoms with Gasteiger partial charge in [-0.25, -0.2) is 0 Å². The Balaban J connectivity index is 2.57. The molecule has 0 fully saturated rings. The van der Waals surface area contributed by atoms with E-state index in [4.69, 9.17) is 0 Å². The third kappa shape index (κ3) is 1.55. The highest BCUT2D eigenvalue weighted by Gasteiger charge is 2.18. The van der Waals surface area contributed by atoms with E-state index in [2.05, 4.69) is 28.9 Å². The van der Waals surface area contributed by atoms with Crippen molar-refractivity contribution < 1.29 is 4.79 Å². The lowest BCUT2D eigenvalue weighted by molar-refractivity contribution is -0.118. The summed E-state index contributed by atoms with van der Waals surface area (Å²) in [6, 6.07) is 4.14. The zero-order chi connectivity index (χ0) is 9.42. The van der Waals surface area contributed by atoms with Gasteiger partial charge in [0.15, 0.2) is 0 Å². The molecule has 0 unspecified atom stereocenters. The van der Waals surface area contributed by atoms with Gasteiger partial charge in [0, 0.05) is 17.3 Å². The van der Waals surface area contributed by atoms with Gasteiger partial charge in [0.1, 0.15) is 5.78 Å². The Hall–Kier alpha value is -0.630. The number of aryl methyl sites for hydroxylation is 1. The monoisotopic (exact) mass is 238 g/mol. The Labute approximate surface area is 86.3 Å². The first-order chi connectivity index (χ1) is 6.18. The topological polar surface area (TPSA) is 17.1 Å². The van der Waals surface area contributed by atoms with Crippen molar-refractivity contribution in [1.82, 2.24) is 0 Å². The van der Waals surface area contributed by atoms with Crippen LogP contribution in [0.2, 0.25) is 0 Å². The summed E-state index contributed by atoms with van der Waals surface area (Å²) in [6.45, 7) is 2.11. The van der Waals surface area contributed by atoms with Crippen molar-refractivity contribution in [3.05, 3.63) is 33.3 Å². The van der Waals surface area contributed by atoms with Crippen LogP contribution in [0.15, 0.2) is 16.6 Å². The minimum atomic E-state index is 0.360. The first-order valence-electron chi connectivity index (χ1n) is 4.47. The molecule has 0 radical (unpaired) electrons. The molecule has 2 rings (SSSR count). The van der Waals surface area contributed by atoms with E-state index in [9.17, 15) is 4.79 Å². The highest BCUT2D eigenvalue weighted by atomic mass is 79.9. The van der Waals surface area contributed by atoms with Crippen LogP contribution in [0.5, 0.6) is 0 Å². The molecule has 0 heterocycles.